The number of rotatable bonds is 6. The SMILES string of the molecule is CC(=O)c1cccc(S(=O)(=O)Nc2cc(S(=O)(=O)N3CCCCC3)ccc2C)c1. The number of Topliss-reactive ketones (excluding diaryl/α,β-unsaturated/α-hetero) is 1. The van der Waals surface area contributed by atoms with Crippen LogP contribution in [0.4, 0.5) is 5.69 Å². The molecule has 156 valence electrons. The minimum absolute atomic E-state index is 0.0557. The van der Waals surface area contributed by atoms with E-state index in [-0.39, 0.29) is 26.8 Å². The summed E-state index contributed by atoms with van der Waals surface area (Å²) in [6, 6.07) is 10.2. The molecule has 9 heteroatoms. The molecule has 1 fully saturated rings. The van der Waals surface area contributed by atoms with E-state index in [1.807, 2.05) is 0 Å². The lowest BCUT2D eigenvalue weighted by molar-refractivity contribution is 0.101. The molecule has 0 unspecified atom stereocenters. The zero-order valence-electron chi connectivity index (χ0n) is 16.4. The molecule has 0 bridgehead atoms. The van der Waals surface area contributed by atoms with Gasteiger partial charge in [0.05, 0.1) is 15.5 Å². The highest BCUT2D eigenvalue weighted by Crippen LogP contribution is 2.27. The van der Waals surface area contributed by atoms with Crippen molar-refractivity contribution in [3.63, 3.8) is 0 Å². The third-order valence-electron chi connectivity index (χ3n) is 4.96. The first-order chi connectivity index (χ1) is 13.6. The molecule has 0 aliphatic carbocycles. The molecule has 29 heavy (non-hydrogen) atoms. The molecule has 1 aliphatic rings. The van der Waals surface area contributed by atoms with Crippen LogP contribution in [0.25, 0.3) is 0 Å². The second kappa shape index (κ2) is 8.25. The molecular weight excluding hydrogens is 412 g/mol. The summed E-state index contributed by atoms with van der Waals surface area (Å²) in [5.41, 5.74) is 1.07. The molecule has 1 aliphatic heterocycles. The van der Waals surface area contributed by atoms with E-state index in [0.717, 1.165) is 19.3 Å². The zero-order valence-corrected chi connectivity index (χ0v) is 18.0. The minimum Gasteiger partial charge on any atom is -0.295 e. The van der Waals surface area contributed by atoms with Crippen LogP contribution in [-0.4, -0.2) is 40.0 Å². The quantitative estimate of drug-likeness (QED) is 0.701. The standard InChI is InChI=1S/C20H24N2O5S2/c1-15-9-10-19(29(26,27)22-11-4-3-5-12-22)14-20(15)21-28(24,25)18-8-6-7-17(13-18)16(2)23/h6-10,13-14,21H,3-5,11-12H2,1-2H3. The summed E-state index contributed by atoms with van der Waals surface area (Å²) < 4.78 is 55.4. The van der Waals surface area contributed by atoms with Gasteiger partial charge in [0.1, 0.15) is 0 Å². The average molecular weight is 437 g/mol. The molecule has 3 rings (SSSR count). The summed E-state index contributed by atoms with van der Waals surface area (Å²) in [6.45, 7) is 3.99. The van der Waals surface area contributed by atoms with Gasteiger partial charge in [0.25, 0.3) is 10.0 Å². The van der Waals surface area contributed by atoms with Crippen LogP contribution in [0.5, 0.6) is 0 Å². The number of hydrogen-bond acceptors (Lipinski definition) is 5. The Hall–Kier alpha value is -2.23. The number of nitrogens with one attached hydrogen (secondary N) is 1. The number of piperidine rings is 1. The van der Waals surface area contributed by atoms with Crippen LogP contribution in [0.2, 0.25) is 0 Å². The monoisotopic (exact) mass is 436 g/mol. The number of carbonyl (C=O) groups excluding carboxylic acids is 1. The molecule has 0 saturated carbocycles. The number of nitrogens with zero attached hydrogens (tertiary/aromatic N) is 1. The predicted octanol–water partition coefficient (Wildman–Crippen LogP) is 3.17. The average Bonchev–Trinajstić information content (AvgIpc) is 2.70. The van der Waals surface area contributed by atoms with Crippen molar-refractivity contribution in [2.45, 2.75) is 42.9 Å². The highest BCUT2D eigenvalue weighted by molar-refractivity contribution is 7.92. The summed E-state index contributed by atoms with van der Waals surface area (Å²) in [4.78, 5) is 11.6. The maximum Gasteiger partial charge on any atom is 0.261 e. The molecule has 1 heterocycles. The van der Waals surface area contributed by atoms with Crippen molar-refractivity contribution < 1.29 is 21.6 Å². The smallest absolute Gasteiger partial charge is 0.261 e. The highest BCUT2D eigenvalue weighted by atomic mass is 32.2. The van der Waals surface area contributed by atoms with E-state index in [9.17, 15) is 21.6 Å². The predicted molar refractivity (Wildman–Crippen MR) is 111 cm³/mol. The van der Waals surface area contributed by atoms with Gasteiger partial charge in [-0.25, -0.2) is 16.8 Å². The highest BCUT2D eigenvalue weighted by Gasteiger charge is 2.27. The number of sulfonamides is 2. The Morgan fingerprint density at radius 2 is 1.62 bits per heavy atom. The van der Waals surface area contributed by atoms with Gasteiger partial charge in [-0.2, -0.15) is 4.31 Å². The van der Waals surface area contributed by atoms with Crippen LogP contribution in [0.3, 0.4) is 0 Å². The summed E-state index contributed by atoms with van der Waals surface area (Å²) in [7, 11) is -7.68. The Bertz CT molecular complexity index is 1140. The molecule has 0 spiro atoms. The molecule has 1 N–H and O–H groups in total. The number of aryl methyl sites for hydroxylation is 1. The van der Waals surface area contributed by atoms with Crippen LogP contribution in [0.15, 0.2) is 52.3 Å². The Kier molecular flexibility index (Phi) is 6.11. The fourth-order valence-corrected chi connectivity index (χ4v) is 5.92. The molecule has 0 radical (unpaired) electrons. The molecule has 1 saturated heterocycles. The van der Waals surface area contributed by atoms with Crippen molar-refractivity contribution in [3.8, 4) is 0 Å². The normalized spacial score (nSPS) is 15.8. The van der Waals surface area contributed by atoms with Crippen molar-refractivity contribution in [2.75, 3.05) is 17.8 Å². The van der Waals surface area contributed by atoms with Crippen molar-refractivity contribution in [1.82, 2.24) is 4.31 Å². The molecule has 0 atom stereocenters. The van der Waals surface area contributed by atoms with Gasteiger partial charge >= 0.3 is 0 Å². The number of ketones is 1. The van der Waals surface area contributed by atoms with Gasteiger partial charge in [0.15, 0.2) is 5.78 Å². The van der Waals surface area contributed by atoms with E-state index in [1.165, 1.54) is 41.6 Å². The second-order valence-electron chi connectivity index (χ2n) is 7.13. The molecule has 2 aromatic rings. The zero-order chi connectivity index (χ0) is 21.2. The fourth-order valence-electron chi connectivity index (χ4n) is 3.21. The van der Waals surface area contributed by atoms with Crippen LogP contribution in [-0.2, 0) is 20.0 Å². The van der Waals surface area contributed by atoms with Gasteiger partial charge in [-0.1, -0.05) is 24.6 Å². The number of benzene rings is 2. The van der Waals surface area contributed by atoms with Crippen molar-refractivity contribution in [3.05, 3.63) is 53.6 Å². The first-order valence-corrected chi connectivity index (χ1v) is 12.3. The first kappa shape index (κ1) is 21.5. The Balaban J connectivity index is 1.94. The Morgan fingerprint density at radius 3 is 2.28 bits per heavy atom. The van der Waals surface area contributed by atoms with E-state index in [1.54, 1.807) is 19.1 Å². The summed E-state index contributed by atoms with van der Waals surface area (Å²) in [6.07, 6.45) is 2.64. The van der Waals surface area contributed by atoms with Gasteiger partial charge in [-0.05, 0) is 56.5 Å². The van der Waals surface area contributed by atoms with Crippen molar-refractivity contribution in [2.24, 2.45) is 0 Å². The maximum atomic E-state index is 12.9. The van der Waals surface area contributed by atoms with Crippen molar-refractivity contribution in [1.29, 1.82) is 0 Å². The number of anilines is 1. The van der Waals surface area contributed by atoms with Crippen LogP contribution in [0, 0.1) is 6.92 Å². The van der Waals surface area contributed by atoms with Crippen LogP contribution in [0.1, 0.15) is 42.1 Å². The number of carbonyl (C=O) groups is 1. The second-order valence-corrected chi connectivity index (χ2v) is 10.8. The van der Waals surface area contributed by atoms with E-state index in [0.29, 0.717) is 18.7 Å². The third-order valence-corrected chi connectivity index (χ3v) is 8.21. The topological polar surface area (TPSA) is 101 Å². The summed E-state index contributed by atoms with van der Waals surface area (Å²) >= 11 is 0. The maximum absolute atomic E-state index is 12.9. The van der Waals surface area contributed by atoms with E-state index >= 15 is 0 Å². The third kappa shape index (κ3) is 4.68. The Morgan fingerprint density at radius 1 is 0.931 bits per heavy atom. The van der Waals surface area contributed by atoms with Crippen molar-refractivity contribution >= 4 is 31.5 Å². The van der Waals surface area contributed by atoms with Gasteiger partial charge in [0.2, 0.25) is 10.0 Å². The molecule has 7 nitrogen and oxygen atoms in total. The van der Waals surface area contributed by atoms with Crippen LogP contribution >= 0.6 is 0 Å². The lowest BCUT2D eigenvalue weighted by Crippen LogP contribution is -2.35. The lowest BCUT2D eigenvalue weighted by Gasteiger charge is -2.26. The minimum atomic E-state index is -3.99. The van der Waals surface area contributed by atoms with Gasteiger partial charge in [-0.3, -0.25) is 9.52 Å². The largest absolute Gasteiger partial charge is 0.295 e. The molecule has 0 amide bonds. The van der Waals surface area contributed by atoms with E-state index in [2.05, 4.69) is 4.72 Å². The fraction of sp³-hybridized carbons (Fsp3) is 0.350. The summed E-state index contributed by atoms with van der Waals surface area (Å²) in [5, 5.41) is 0. The van der Waals surface area contributed by atoms with E-state index in [4.69, 9.17) is 0 Å². The first-order valence-electron chi connectivity index (χ1n) is 9.36. The number of hydrogen-bond donors (Lipinski definition) is 1. The molecule has 2 aromatic carbocycles. The van der Waals surface area contributed by atoms with Gasteiger partial charge in [0, 0.05) is 18.7 Å². The van der Waals surface area contributed by atoms with Gasteiger partial charge < -0.3 is 0 Å². The molecule has 0 aromatic heterocycles. The molecular formula is C20H24N2O5S2. The lowest BCUT2D eigenvalue weighted by atomic mass is 10.2. The van der Waals surface area contributed by atoms with Crippen LogP contribution < -0.4 is 4.72 Å². The summed E-state index contributed by atoms with van der Waals surface area (Å²) in [5.74, 6) is -0.243. The van der Waals surface area contributed by atoms with E-state index < -0.39 is 20.0 Å². The Labute approximate surface area is 171 Å². The van der Waals surface area contributed by atoms with Gasteiger partial charge in [-0.15, -0.1) is 0 Å².